The number of aromatic nitrogens is 1. The fraction of sp³-hybridized carbons (Fsp3) is 0.364. The Balaban J connectivity index is 2.48. The highest BCUT2D eigenvalue weighted by Gasteiger charge is 2.14. The van der Waals surface area contributed by atoms with E-state index in [1.54, 1.807) is 6.07 Å². The number of rotatable bonds is 3. The van der Waals surface area contributed by atoms with Crippen molar-refractivity contribution in [2.75, 3.05) is 7.05 Å². The monoisotopic (exact) mass is 221 g/mol. The molecular weight excluding hydrogens is 206 g/mol. The zero-order valence-electron chi connectivity index (χ0n) is 9.28. The summed E-state index contributed by atoms with van der Waals surface area (Å²) in [7, 11) is 1.86. The minimum Gasteiger partial charge on any atom is -0.408 e. The van der Waals surface area contributed by atoms with E-state index >= 15 is 0 Å². The Bertz CT molecular complexity index is 541. The molecule has 0 saturated heterocycles. The molecule has 1 aromatic carbocycles. The third-order valence-corrected chi connectivity index (χ3v) is 2.64. The Hall–Kier alpha value is -1.59. The van der Waals surface area contributed by atoms with Crippen LogP contribution in [-0.2, 0) is 0 Å². The van der Waals surface area contributed by atoms with Crippen LogP contribution in [0, 0.1) is 0 Å². The van der Waals surface area contributed by atoms with Crippen LogP contribution in [0.2, 0.25) is 0 Å². The van der Waals surface area contributed by atoms with Gasteiger partial charge in [0.05, 0.1) is 5.52 Å². The Labute approximate surface area is 92.6 Å². The Morgan fingerprint density at radius 3 is 2.88 bits per heavy atom. The largest absolute Gasteiger partial charge is 0.417 e. The molecule has 0 aliphatic rings. The number of oxazole rings is 1. The van der Waals surface area contributed by atoms with Gasteiger partial charge in [0.25, 0.3) is 0 Å². The second-order valence-electron chi connectivity index (χ2n) is 3.90. The van der Waals surface area contributed by atoms with Crippen molar-refractivity contribution in [3.63, 3.8) is 0 Å². The molecule has 86 valence electrons. The van der Waals surface area contributed by atoms with Crippen LogP contribution in [0.1, 0.15) is 18.5 Å². The van der Waals surface area contributed by atoms with E-state index < -0.39 is 5.76 Å². The predicted octanol–water partition coefficient (Wildman–Crippen LogP) is 0.729. The molecule has 0 aliphatic heterocycles. The van der Waals surface area contributed by atoms with E-state index in [0.717, 1.165) is 5.56 Å². The summed E-state index contributed by atoms with van der Waals surface area (Å²) in [4.78, 5) is 13.6. The van der Waals surface area contributed by atoms with Gasteiger partial charge in [-0.1, -0.05) is 6.07 Å². The summed E-state index contributed by atoms with van der Waals surface area (Å²) in [5, 5.41) is 3.14. The predicted molar refractivity (Wildman–Crippen MR) is 62.3 cm³/mol. The molecule has 2 atom stereocenters. The van der Waals surface area contributed by atoms with Gasteiger partial charge < -0.3 is 15.5 Å². The highest BCUT2D eigenvalue weighted by Crippen LogP contribution is 2.19. The van der Waals surface area contributed by atoms with Gasteiger partial charge in [-0.2, -0.15) is 0 Å². The van der Waals surface area contributed by atoms with Crippen LogP contribution in [0.25, 0.3) is 11.1 Å². The standard InChI is InChI=1S/C11H15N3O2/c1-6(12)10(13-2)7-3-4-9-8(5-7)14-11(15)16-9/h3-6,10,13H,12H2,1-2H3,(H,14,15). The van der Waals surface area contributed by atoms with E-state index in [-0.39, 0.29) is 12.1 Å². The molecule has 5 nitrogen and oxygen atoms in total. The first-order valence-corrected chi connectivity index (χ1v) is 5.17. The highest BCUT2D eigenvalue weighted by atomic mass is 16.4. The summed E-state index contributed by atoms with van der Waals surface area (Å²) in [5.74, 6) is -0.436. The fourth-order valence-electron chi connectivity index (χ4n) is 1.90. The van der Waals surface area contributed by atoms with Crippen molar-refractivity contribution in [1.82, 2.24) is 10.3 Å². The molecule has 1 aromatic heterocycles. The molecule has 0 amide bonds. The van der Waals surface area contributed by atoms with Gasteiger partial charge in [-0.3, -0.25) is 4.98 Å². The number of aromatic amines is 1. The molecule has 0 aliphatic carbocycles. The van der Waals surface area contributed by atoms with E-state index in [9.17, 15) is 4.79 Å². The second-order valence-corrected chi connectivity index (χ2v) is 3.90. The Morgan fingerprint density at radius 2 is 2.25 bits per heavy atom. The number of benzene rings is 1. The SMILES string of the molecule is CNC(c1ccc2oc(=O)[nH]c2c1)C(C)N. The molecule has 2 rings (SSSR count). The van der Waals surface area contributed by atoms with E-state index in [0.29, 0.717) is 11.1 Å². The van der Waals surface area contributed by atoms with Crippen LogP contribution >= 0.6 is 0 Å². The average Bonchev–Trinajstić information content (AvgIpc) is 2.57. The van der Waals surface area contributed by atoms with Gasteiger partial charge in [-0.25, -0.2) is 4.79 Å². The molecule has 0 saturated carbocycles. The maximum Gasteiger partial charge on any atom is 0.417 e. The van der Waals surface area contributed by atoms with Gasteiger partial charge in [0.1, 0.15) is 0 Å². The number of H-pyrrole nitrogens is 1. The maximum atomic E-state index is 11.0. The zero-order chi connectivity index (χ0) is 11.7. The van der Waals surface area contributed by atoms with E-state index in [4.69, 9.17) is 10.2 Å². The summed E-state index contributed by atoms with van der Waals surface area (Å²) < 4.78 is 4.93. The summed E-state index contributed by atoms with van der Waals surface area (Å²) >= 11 is 0. The van der Waals surface area contributed by atoms with Crippen LogP contribution in [0.15, 0.2) is 27.4 Å². The zero-order valence-corrected chi connectivity index (χ0v) is 9.28. The fourth-order valence-corrected chi connectivity index (χ4v) is 1.90. The van der Waals surface area contributed by atoms with Crippen LogP contribution in [0.4, 0.5) is 0 Å². The van der Waals surface area contributed by atoms with Gasteiger partial charge in [0.15, 0.2) is 5.58 Å². The van der Waals surface area contributed by atoms with Crippen molar-refractivity contribution >= 4 is 11.1 Å². The molecule has 5 heteroatoms. The molecular formula is C11H15N3O2. The van der Waals surface area contributed by atoms with Gasteiger partial charge in [0.2, 0.25) is 0 Å². The smallest absolute Gasteiger partial charge is 0.408 e. The molecule has 2 unspecified atom stereocenters. The lowest BCUT2D eigenvalue weighted by Crippen LogP contribution is -2.33. The topological polar surface area (TPSA) is 84.0 Å². The van der Waals surface area contributed by atoms with Crippen LogP contribution < -0.4 is 16.8 Å². The van der Waals surface area contributed by atoms with Crippen molar-refractivity contribution < 1.29 is 4.42 Å². The minimum absolute atomic E-state index is 0.0129. The molecule has 0 radical (unpaired) electrons. The third-order valence-electron chi connectivity index (χ3n) is 2.64. The molecule has 2 aromatic rings. The number of hydrogen-bond donors (Lipinski definition) is 3. The normalized spacial score (nSPS) is 15.2. The average molecular weight is 221 g/mol. The Morgan fingerprint density at radius 1 is 1.50 bits per heavy atom. The number of hydrogen-bond acceptors (Lipinski definition) is 4. The molecule has 0 bridgehead atoms. The van der Waals surface area contributed by atoms with Crippen molar-refractivity contribution in [1.29, 1.82) is 0 Å². The summed E-state index contributed by atoms with van der Waals surface area (Å²) in [5.41, 5.74) is 8.16. The van der Waals surface area contributed by atoms with Gasteiger partial charge in [-0.15, -0.1) is 0 Å². The van der Waals surface area contributed by atoms with Crippen LogP contribution in [-0.4, -0.2) is 18.1 Å². The van der Waals surface area contributed by atoms with Crippen molar-refractivity contribution in [2.45, 2.75) is 19.0 Å². The highest BCUT2D eigenvalue weighted by molar-refractivity contribution is 5.72. The van der Waals surface area contributed by atoms with Crippen LogP contribution in [0.5, 0.6) is 0 Å². The van der Waals surface area contributed by atoms with E-state index in [1.165, 1.54) is 0 Å². The van der Waals surface area contributed by atoms with Gasteiger partial charge >= 0.3 is 5.76 Å². The molecule has 0 spiro atoms. The van der Waals surface area contributed by atoms with Gasteiger partial charge in [-0.05, 0) is 31.7 Å². The summed E-state index contributed by atoms with van der Waals surface area (Å²) in [6.45, 7) is 1.93. The van der Waals surface area contributed by atoms with Crippen molar-refractivity contribution in [3.05, 3.63) is 34.3 Å². The Kier molecular flexibility index (Phi) is 2.80. The summed E-state index contributed by atoms with van der Waals surface area (Å²) in [6, 6.07) is 5.60. The first-order chi connectivity index (χ1) is 7.61. The quantitative estimate of drug-likeness (QED) is 0.713. The minimum atomic E-state index is -0.436. The van der Waals surface area contributed by atoms with Crippen molar-refractivity contribution in [3.8, 4) is 0 Å². The molecule has 4 N–H and O–H groups in total. The number of nitrogens with one attached hydrogen (secondary N) is 2. The number of nitrogens with two attached hydrogens (primary N) is 1. The summed E-state index contributed by atoms with van der Waals surface area (Å²) in [6.07, 6.45) is 0. The lowest BCUT2D eigenvalue weighted by atomic mass is 10.0. The lowest BCUT2D eigenvalue weighted by molar-refractivity contribution is 0.504. The number of likely N-dealkylation sites (N-methyl/N-ethyl adjacent to an activating group) is 1. The lowest BCUT2D eigenvalue weighted by Gasteiger charge is -2.20. The second kappa shape index (κ2) is 4.11. The third kappa shape index (κ3) is 1.87. The van der Waals surface area contributed by atoms with E-state index in [2.05, 4.69) is 10.3 Å². The van der Waals surface area contributed by atoms with Gasteiger partial charge in [0, 0.05) is 12.1 Å². The maximum absolute atomic E-state index is 11.0. The van der Waals surface area contributed by atoms with Crippen LogP contribution in [0.3, 0.4) is 0 Å². The molecule has 1 heterocycles. The molecule has 16 heavy (non-hydrogen) atoms. The molecule has 0 fully saturated rings. The van der Waals surface area contributed by atoms with E-state index in [1.807, 2.05) is 26.1 Å². The first kappa shape index (κ1) is 10.9. The first-order valence-electron chi connectivity index (χ1n) is 5.17. The number of fused-ring (bicyclic) bond motifs is 1. The van der Waals surface area contributed by atoms with Crippen molar-refractivity contribution in [2.24, 2.45) is 5.73 Å².